The summed E-state index contributed by atoms with van der Waals surface area (Å²) in [6.45, 7) is 3.47. The third-order valence-electron chi connectivity index (χ3n) is 2.94. The topological polar surface area (TPSA) is 106 Å². The van der Waals surface area contributed by atoms with E-state index in [-0.39, 0.29) is 12.8 Å². The molecule has 0 fully saturated rings. The first kappa shape index (κ1) is 16.6. The first-order valence-electron chi connectivity index (χ1n) is 6.40. The van der Waals surface area contributed by atoms with E-state index in [1.165, 1.54) is 7.11 Å². The number of aryl methyl sites for hydroxylation is 2. The number of ether oxygens (including phenoxy) is 1. The summed E-state index contributed by atoms with van der Waals surface area (Å²) in [7, 11) is 1.22. The second-order valence-electron chi connectivity index (χ2n) is 4.56. The fourth-order valence-corrected chi connectivity index (χ4v) is 1.78. The van der Waals surface area contributed by atoms with Crippen LogP contribution < -0.4 is 5.32 Å². The van der Waals surface area contributed by atoms with Gasteiger partial charge in [0, 0.05) is 12.1 Å². The quantitative estimate of drug-likeness (QED) is 0.753. The van der Waals surface area contributed by atoms with Crippen LogP contribution in [0.25, 0.3) is 0 Å². The van der Waals surface area contributed by atoms with E-state index in [9.17, 15) is 14.4 Å². The van der Waals surface area contributed by atoms with Gasteiger partial charge in [-0.15, -0.1) is 0 Å². The van der Waals surface area contributed by atoms with E-state index in [1.54, 1.807) is 26.0 Å². The minimum Gasteiger partial charge on any atom is -0.480 e. The Morgan fingerprint density at radius 2 is 2.00 bits per heavy atom. The van der Waals surface area contributed by atoms with Crippen molar-refractivity contribution < 1.29 is 24.2 Å². The van der Waals surface area contributed by atoms with Crippen LogP contribution in [0.2, 0.25) is 0 Å². The number of aromatic nitrogens is 1. The van der Waals surface area contributed by atoms with Gasteiger partial charge in [0.2, 0.25) is 0 Å². The molecule has 1 aromatic heterocycles. The van der Waals surface area contributed by atoms with Gasteiger partial charge in [0.25, 0.3) is 5.91 Å². The van der Waals surface area contributed by atoms with E-state index in [0.29, 0.717) is 11.3 Å². The van der Waals surface area contributed by atoms with Crippen molar-refractivity contribution in [1.82, 2.24) is 10.3 Å². The molecule has 0 aromatic carbocycles. The third kappa shape index (κ3) is 4.87. The maximum Gasteiger partial charge on any atom is 0.326 e. The number of hydrogen-bond donors (Lipinski definition) is 2. The molecule has 1 heterocycles. The Balaban J connectivity index is 2.76. The lowest BCUT2D eigenvalue weighted by Gasteiger charge is -2.14. The molecule has 1 aromatic rings. The van der Waals surface area contributed by atoms with Crippen molar-refractivity contribution in [1.29, 1.82) is 0 Å². The van der Waals surface area contributed by atoms with Gasteiger partial charge < -0.3 is 15.2 Å². The first-order valence-corrected chi connectivity index (χ1v) is 6.40. The molecule has 7 heteroatoms. The number of aliphatic carboxylic acids is 1. The number of amides is 1. The standard InChI is InChI=1S/C14H18N2O5/c1-8-4-5-10(9(2)15-8)13(18)16-11(14(19)20)6-7-12(17)21-3/h4-5,11H,6-7H2,1-3H3,(H,16,18)(H,19,20)/t11-/m0/s1. The van der Waals surface area contributed by atoms with Gasteiger partial charge in [-0.2, -0.15) is 0 Å². The van der Waals surface area contributed by atoms with Crippen molar-refractivity contribution in [3.8, 4) is 0 Å². The minimum absolute atomic E-state index is 0.0356. The minimum atomic E-state index is -1.20. The zero-order valence-corrected chi connectivity index (χ0v) is 12.2. The van der Waals surface area contributed by atoms with Crippen LogP contribution in [0.15, 0.2) is 12.1 Å². The largest absolute Gasteiger partial charge is 0.480 e. The summed E-state index contributed by atoms with van der Waals surface area (Å²) in [4.78, 5) is 38.4. The molecule has 1 rings (SSSR count). The number of carbonyl (C=O) groups is 3. The monoisotopic (exact) mass is 294 g/mol. The van der Waals surface area contributed by atoms with E-state index in [2.05, 4.69) is 15.0 Å². The van der Waals surface area contributed by atoms with Crippen LogP contribution in [-0.4, -0.2) is 41.1 Å². The average molecular weight is 294 g/mol. The fraction of sp³-hybridized carbons (Fsp3) is 0.429. The van der Waals surface area contributed by atoms with Crippen LogP contribution in [0.1, 0.15) is 34.6 Å². The summed E-state index contributed by atoms with van der Waals surface area (Å²) in [6, 6.07) is 2.11. The Morgan fingerprint density at radius 1 is 1.33 bits per heavy atom. The predicted molar refractivity (Wildman–Crippen MR) is 73.9 cm³/mol. The molecule has 114 valence electrons. The SMILES string of the molecule is COC(=O)CC[C@H](NC(=O)c1ccc(C)nc1C)C(=O)O. The van der Waals surface area contributed by atoms with Crippen molar-refractivity contribution in [2.45, 2.75) is 32.7 Å². The number of carboxylic acid groups (broad SMARTS) is 1. The lowest BCUT2D eigenvalue weighted by molar-refractivity contribution is -0.142. The average Bonchev–Trinajstić information content (AvgIpc) is 2.42. The molecule has 0 bridgehead atoms. The Hall–Kier alpha value is -2.44. The number of pyridine rings is 1. The zero-order valence-electron chi connectivity index (χ0n) is 12.2. The van der Waals surface area contributed by atoms with Crippen LogP contribution in [0.3, 0.4) is 0 Å². The van der Waals surface area contributed by atoms with Crippen LogP contribution in [0, 0.1) is 13.8 Å². The number of carboxylic acids is 1. The summed E-state index contributed by atoms with van der Waals surface area (Å²) < 4.78 is 4.45. The second kappa shape index (κ2) is 7.37. The van der Waals surface area contributed by atoms with E-state index in [0.717, 1.165) is 5.69 Å². The van der Waals surface area contributed by atoms with Crippen molar-refractivity contribution in [2.24, 2.45) is 0 Å². The van der Waals surface area contributed by atoms with Gasteiger partial charge in [0.05, 0.1) is 18.4 Å². The third-order valence-corrected chi connectivity index (χ3v) is 2.94. The molecule has 2 N–H and O–H groups in total. The Morgan fingerprint density at radius 3 is 2.52 bits per heavy atom. The number of hydrogen-bond acceptors (Lipinski definition) is 5. The van der Waals surface area contributed by atoms with Crippen LogP contribution in [0.4, 0.5) is 0 Å². The second-order valence-corrected chi connectivity index (χ2v) is 4.56. The molecule has 21 heavy (non-hydrogen) atoms. The Labute approximate surface area is 122 Å². The molecule has 0 aliphatic heterocycles. The number of nitrogens with zero attached hydrogens (tertiary/aromatic N) is 1. The Bertz CT molecular complexity index is 556. The summed E-state index contributed by atoms with van der Waals surface area (Å²) >= 11 is 0. The van der Waals surface area contributed by atoms with E-state index < -0.39 is 23.9 Å². The number of carbonyl (C=O) groups excluding carboxylic acids is 2. The number of methoxy groups -OCH3 is 1. The molecular weight excluding hydrogens is 276 g/mol. The fourth-order valence-electron chi connectivity index (χ4n) is 1.78. The lowest BCUT2D eigenvalue weighted by Crippen LogP contribution is -2.41. The molecule has 1 atom stereocenters. The molecule has 0 unspecified atom stereocenters. The maximum absolute atomic E-state index is 12.1. The number of rotatable bonds is 6. The molecule has 0 aliphatic rings. The highest BCUT2D eigenvalue weighted by Gasteiger charge is 2.22. The molecule has 0 radical (unpaired) electrons. The van der Waals surface area contributed by atoms with Crippen molar-refractivity contribution >= 4 is 17.8 Å². The number of nitrogens with one attached hydrogen (secondary N) is 1. The van der Waals surface area contributed by atoms with Crippen LogP contribution >= 0.6 is 0 Å². The van der Waals surface area contributed by atoms with Gasteiger partial charge in [0.15, 0.2) is 0 Å². The zero-order chi connectivity index (χ0) is 16.0. The predicted octanol–water partition coefficient (Wildman–Crippen LogP) is 0.835. The van der Waals surface area contributed by atoms with Gasteiger partial charge in [-0.05, 0) is 32.4 Å². The summed E-state index contributed by atoms with van der Waals surface area (Å²) in [5.41, 5.74) is 1.60. The molecule has 7 nitrogen and oxygen atoms in total. The molecule has 0 saturated heterocycles. The molecular formula is C14H18N2O5. The summed E-state index contributed by atoms with van der Waals surface area (Å²) in [5, 5.41) is 11.5. The molecule has 0 saturated carbocycles. The molecule has 0 aliphatic carbocycles. The van der Waals surface area contributed by atoms with E-state index >= 15 is 0 Å². The normalized spacial score (nSPS) is 11.6. The van der Waals surface area contributed by atoms with Crippen LogP contribution in [0.5, 0.6) is 0 Å². The van der Waals surface area contributed by atoms with Gasteiger partial charge >= 0.3 is 11.9 Å². The van der Waals surface area contributed by atoms with Gasteiger partial charge in [-0.1, -0.05) is 0 Å². The summed E-state index contributed by atoms with van der Waals surface area (Å²) in [6.07, 6.45) is -0.120. The van der Waals surface area contributed by atoms with E-state index in [4.69, 9.17) is 5.11 Å². The highest BCUT2D eigenvalue weighted by atomic mass is 16.5. The van der Waals surface area contributed by atoms with Crippen molar-refractivity contribution in [3.05, 3.63) is 29.1 Å². The summed E-state index contributed by atoms with van der Waals surface area (Å²) in [5.74, 6) is -2.26. The highest BCUT2D eigenvalue weighted by Crippen LogP contribution is 2.08. The number of esters is 1. The smallest absolute Gasteiger partial charge is 0.326 e. The Kier molecular flexibility index (Phi) is 5.83. The molecule has 1 amide bonds. The van der Waals surface area contributed by atoms with Crippen molar-refractivity contribution in [2.75, 3.05) is 7.11 Å². The lowest BCUT2D eigenvalue weighted by atomic mass is 10.1. The van der Waals surface area contributed by atoms with Gasteiger partial charge in [-0.3, -0.25) is 14.6 Å². The molecule has 0 spiro atoms. The van der Waals surface area contributed by atoms with Gasteiger partial charge in [-0.25, -0.2) is 4.79 Å². The first-order chi connectivity index (χ1) is 9.85. The van der Waals surface area contributed by atoms with Crippen LogP contribution in [-0.2, 0) is 14.3 Å². The maximum atomic E-state index is 12.1. The van der Waals surface area contributed by atoms with E-state index in [1.807, 2.05) is 0 Å². The highest BCUT2D eigenvalue weighted by molar-refractivity contribution is 5.97. The van der Waals surface area contributed by atoms with Gasteiger partial charge in [0.1, 0.15) is 6.04 Å². The van der Waals surface area contributed by atoms with Crippen molar-refractivity contribution in [3.63, 3.8) is 0 Å².